The molecule has 0 aliphatic heterocycles. The summed E-state index contributed by atoms with van der Waals surface area (Å²) >= 11 is 0. The number of aromatic hydroxyl groups is 1. The van der Waals surface area contributed by atoms with Gasteiger partial charge >= 0.3 is 0 Å². The summed E-state index contributed by atoms with van der Waals surface area (Å²) in [5, 5.41) is 10.4. The molecule has 0 aliphatic rings. The van der Waals surface area contributed by atoms with Crippen LogP contribution in [0.3, 0.4) is 0 Å². The molecule has 1 heteroatoms. The predicted octanol–water partition coefficient (Wildman–Crippen LogP) is 13.7. The van der Waals surface area contributed by atoms with Crippen LogP contribution >= 0.6 is 0 Å². The van der Waals surface area contributed by atoms with Crippen molar-refractivity contribution >= 4 is 0 Å². The van der Waals surface area contributed by atoms with Gasteiger partial charge in [0.1, 0.15) is 5.75 Å². The van der Waals surface area contributed by atoms with E-state index < -0.39 is 0 Å². The molecule has 1 atom stereocenters. The van der Waals surface area contributed by atoms with Crippen molar-refractivity contribution in [2.24, 2.45) is 0 Å². The van der Waals surface area contributed by atoms with Crippen molar-refractivity contribution in [3.8, 4) is 5.75 Å². The van der Waals surface area contributed by atoms with Crippen LogP contribution in [0.25, 0.3) is 0 Å². The Hall–Kier alpha value is -0.980. The van der Waals surface area contributed by atoms with E-state index in [1.807, 2.05) is 6.92 Å². The van der Waals surface area contributed by atoms with Gasteiger partial charge < -0.3 is 5.11 Å². The first kappa shape index (κ1) is 36.0. The number of phenolic OH excluding ortho intramolecular Hbond substituents is 1. The quantitative estimate of drug-likeness (QED) is 0.104. The summed E-state index contributed by atoms with van der Waals surface area (Å²) in [7, 11) is 0. The highest BCUT2D eigenvalue weighted by atomic mass is 16.3. The zero-order valence-electron chi connectivity index (χ0n) is 27.3. The molecule has 0 saturated carbocycles. The second-order valence-corrected chi connectivity index (χ2v) is 13.0. The Morgan fingerprint density at radius 3 is 1.13 bits per heavy atom. The minimum absolute atomic E-state index is 0.456. The number of phenols is 1. The predicted molar refractivity (Wildman–Crippen MR) is 176 cm³/mol. The van der Waals surface area contributed by atoms with Gasteiger partial charge in [0.25, 0.3) is 0 Å². The Kier molecular flexibility index (Phi) is 24.0. The maximum absolute atomic E-state index is 10.4. The molecule has 0 spiro atoms. The second kappa shape index (κ2) is 26.0. The van der Waals surface area contributed by atoms with Gasteiger partial charge in [0, 0.05) is 0 Å². The van der Waals surface area contributed by atoms with E-state index >= 15 is 0 Å². The molecule has 1 unspecified atom stereocenters. The van der Waals surface area contributed by atoms with Crippen molar-refractivity contribution in [3.05, 3.63) is 28.8 Å². The average molecular weight is 543 g/mol. The van der Waals surface area contributed by atoms with Crippen molar-refractivity contribution in [1.29, 1.82) is 0 Å². The van der Waals surface area contributed by atoms with E-state index in [4.69, 9.17) is 0 Å². The summed E-state index contributed by atoms with van der Waals surface area (Å²) in [5.41, 5.74) is 3.42. The third-order valence-corrected chi connectivity index (χ3v) is 9.00. The molecular weight excluding hydrogens is 472 g/mol. The number of hydrogen-bond donors (Lipinski definition) is 1. The van der Waals surface area contributed by atoms with E-state index in [2.05, 4.69) is 32.9 Å². The van der Waals surface area contributed by atoms with E-state index in [0.29, 0.717) is 11.7 Å². The van der Waals surface area contributed by atoms with Gasteiger partial charge in [-0.25, -0.2) is 0 Å². The average Bonchev–Trinajstić information content (AvgIpc) is 2.92. The fraction of sp³-hybridized carbons (Fsp3) is 0.842. The van der Waals surface area contributed by atoms with Crippen LogP contribution < -0.4 is 0 Å². The molecule has 1 aromatic carbocycles. The summed E-state index contributed by atoms with van der Waals surface area (Å²) < 4.78 is 0. The van der Waals surface area contributed by atoms with E-state index in [9.17, 15) is 5.11 Å². The molecule has 228 valence electrons. The van der Waals surface area contributed by atoms with Crippen molar-refractivity contribution in [2.75, 3.05) is 0 Å². The molecule has 1 nitrogen and oxygen atoms in total. The second-order valence-electron chi connectivity index (χ2n) is 13.0. The van der Waals surface area contributed by atoms with Gasteiger partial charge in [-0.05, 0) is 37.3 Å². The minimum atomic E-state index is 0.456. The van der Waals surface area contributed by atoms with Gasteiger partial charge in [-0.2, -0.15) is 0 Å². The summed E-state index contributed by atoms with van der Waals surface area (Å²) in [6.45, 7) is 8.72. The highest BCUT2D eigenvalue weighted by molar-refractivity contribution is 5.44. The lowest BCUT2D eigenvalue weighted by Gasteiger charge is -2.16. The zero-order chi connectivity index (χ0) is 28.4. The molecule has 0 saturated heterocycles. The third kappa shape index (κ3) is 20.5. The first-order valence-corrected chi connectivity index (χ1v) is 17.9. The molecule has 0 aromatic heterocycles. The molecule has 1 N–H and O–H groups in total. The van der Waals surface area contributed by atoms with Crippen molar-refractivity contribution in [1.82, 2.24) is 0 Å². The van der Waals surface area contributed by atoms with Crippen LogP contribution in [-0.4, -0.2) is 5.11 Å². The Morgan fingerprint density at radius 2 is 0.795 bits per heavy atom. The fourth-order valence-corrected chi connectivity index (χ4v) is 6.29. The molecule has 0 heterocycles. The van der Waals surface area contributed by atoms with Gasteiger partial charge in [-0.3, -0.25) is 0 Å². The number of benzene rings is 1. The Morgan fingerprint density at radius 1 is 0.487 bits per heavy atom. The monoisotopic (exact) mass is 543 g/mol. The van der Waals surface area contributed by atoms with E-state index in [-0.39, 0.29) is 0 Å². The number of rotatable bonds is 28. The fourth-order valence-electron chi connectivity index (χ4n) is 6.29. The van der Waals surface area contributed by atoms with Crippen LogP contribution in [0.15, 0.2) is 12.1 Å². The standard InChI is InChI=1S/C38H70O/c1-5-6-7-8-9-10-11-12-13-14-15-16-17-18-19-20-21-22-23-24-25-26-27-28-29-30-31-35(3)37-33-34(2)32-36(4)38(37)39/h32-33,35,39H,5-31H2,1-4H3. The number of unbranched alkanes of at least 4 members (excludes halogenated alkanes) is 25. The van der Waals surface area contributed by atoms with Crippen LogP contribution in [0.2, 0.25) is 0 Å². The third-order valence-electron chi connectivity index (χ3n) is 9.00. The molecule has 0 aliphatic carbocycles. The van der Waals surface area contributed by atoms with Crippen LogP contribution in [0.5, 0.6) is 5.75 Å². The molecule has 0 fully saturated rings. The first-order valence-electron chi connectivity index (χ1n) is 17.9. The maximum Gasteiger partial charge on any atom is 0.121 e. The topological polar surface area (TPSA) is 20.2 Å². The Balaban J connectivity index is 1.75. The summed E-state index contributed by atoms with van der Waals surface area (Å²) in [6.07, 6.45) is 38.7. The van der Waals surface area contributed by atoms with Crippen LogP contribution in [0, 0.1) is 13.8 Å². The van der Waals surface area contributed by atoms with Gasteiger partial charge in [-0.1, -0.05) is 198 Å². The Labute approximate surface area is 246 Å². The van der Waals surface area contributed by atoms with Gasteiger partial charge in [0.2, 0.25) is 0 Å². The highest BCUT2D eigenvalue weighted by Crippen LogP contribution is 2.33. The van der Waals surface area contributed by atoms with E-state index in [1.165, 1.54) is 179 Å². The maximum atomic E-state index is 10.4. The molecular formula is C38H70O. The van der Waals surface area contributed by atoms with Gasteiger partial charge in [0.15, 0.2) is 0 Å². The number of hydrogen-bond acceptors (Lipinski definition) is 1. The normalized spacial score (nSPS) is 12.3. The molecule has 0 bridgehead atoms. The SMILES string of the molecule is CCCCCCCCCCCCCCCCCCCCCCCCCCCCC(C)c1cc(C)cc(C)c1O. The minimum Gasteiger partial charge on any atom is -0.507 e. The Bertz CT molecular complexity index is 663. The molecule has 1 aromatic rings. The molecule has 0 radical (unpaired) electrons. The van der Waals surface area contributed by atoms with Crippen molar-refractivity contribution in [3.63, 3.8) is 0 Å². The summed E-state index contributed by atoms with van der Waals surface area (Å²) in [6, 6.07) is 4.25. The molecule has 0 amide bonds. The van der Waals surface area contributed by atoms with Crippen molar-refractivity contribution < 1.29 is 5.11 Å². The zero-order valence-corrected chi connectivity index (χ0v) is 27.3. The van der Waals surface area contributed by atoms with Crippen LogP contribution in [0.1, 0.15) is 210 Å². The molecule has 1 rings (SSSR count). The van der Waals surface area contributed by atoms with Crippen LogP contribution in [-0.2, 0) is 0 Å². The summed E-state index contributed by atoms with van der Waals surface area (Å²) in [4.78, 5) is 0. The van der Waals surface area contributed by atoms with E-state index in [0.717, 1.165) is 11.1 Å². The largest absolute Gasteiger partial charge is 0.507 e. The smallest absolute Gasteiger partial charge is 0.121 e. The lowest BCUT2D eigenvalue weighted by molar-refractivity contribution is 0.453. The lowest BCUT2D eigenvalue weighted by atomic mass is 9.91. The van der Waals surface area contributed by atoms with Gasteiger partial charge in [-0.15, -0.1) is 0 Å². The summed E-state index contributed by atoms with van der Waals surface area (Å²) in [5.74, 6) is 0.973. The highest BCUT2D eigenvalue weighted by Gasteiger charge is 2.12. The lowest BCUT2D eigenvalue weighted by Crippen LogP contribution is -1.97. The van der Waals surface area contributed by atoms with E-state index in [1.54, 1.807) is 0 Å². The van der Waals surface area contributed by atoms with Crippen molar-refractivity contribution in [2.45, 2.75) is 207 Å². The first-order chi connectivity index (χ1) is 19.1. The molecule has 39 heavy (non-hydrogen) atoms. The van der Waals surface area contributed by atoms with Crippen LogP contribution in [0.4, 0.5) is 0 Å². The van der Waals surface area contributed by atoms with Gasteiger partial charge in [0.05, 0.1) is 0 Å². The number of aryl methyl sites for hydroxylation is 2.